The molecule has 1 N–H and O–H groups in total. The van der Waals surface area contributed by atoms with Crippen LogP contribution in [0.3, 0.4) is 0 Å². The first kappa shape index (κ1) is 22.4. The number of carbonyl (C=O) groups excluding carboxylic acids is 3. The van der Waals surface area contributed by atoms with Crippen LogP contribution in [-0.2, 0) is 14.4 Å². The quantitative estimate of drug-likeness (QED) is 0.551. The second-order valence-corrected chi connectivity index (χ2v) is 8.25. The zero-order valence-corrected chi connectivity index (χ0v) is 17.8. The van der Waals surface area contributed by atoms with E-state index in [9.17, 15) is 28.9 Å². The Morgan fingerprint density at radius 1 is 1.06 bits per heavy atom. The van der Waals surface area contributed by atoms with Crippen LogP contribution in [0.4, 0.5) is 21.5 Å². The molecule has 1 atom stereocenters. The van der Waals surface area contributed by atoms with Crippen LogP contribution in [0.2, 0.25) is 0 Å². The lowest BCUT2D eigenvalue weighted by atomic mass is 9.94. The monoisotopic (exact) mass is 454 g/mol. The van der Waals surface area contributed by atoms with Crippen LogP contribution in [0.15, 0.2) is 48.5 Å². The fourth-order valence-corrected chi connectivity index (χ4v) is 4.33. The van der Waals surface area contributed by atoms with Gasteiger partial charge in [-0.3, -0.25) is 24.5 Å². The van der Waals surface area contributed by atoms with Gasteiger partial charge in [0.1, 0.15) is 0 Å². The topological polar surface area (TPSA) is 113 Å². The average Bonchev–Trinajstić information content (AvgIpc) is 3.22. The first-order valence-electron chi connectivity index (χ1n) is 10.7. The molecule has 2 aromatic rings. The molecule has 2 aliphatic heterocycles. The molecule has 2 aromatic carbocycles. The van der Waals surface area contributed by atoms with E-state index in [4.69, 9.17) is 0 Å². The van der Waals surface area contributed by atoms with Crippen molar-refractivity contribution in [3.05, 3.63) is 64.5 Å². The SMILES string of the molecule is O=C(Nc1ccc(F)c([N+](=O)[O-])c1)C1CCN(C(=O)C2CC(=O)N(c3ccccc3)C2)CC1. The van der Waals surface area contributed by atoms with Crippen LogP contribution in [0, 0.1) is 27.8 Å². The van der Waals surface area contributed by atoms with Gasteiger partial charge in [0.2, 0.25) is 23.5 Å². The zero-order valence-electron chi connectivity index (χ0n) is 17.8. The van der Waals surface area contributed by atoms with E-state index in [-0.39, 0.29) is 35.7 Å². The van der Waals surface area contributed by atoms with Crippen molar-refractivity contribution in [2.45, 2.75) is 19.3 Å². The van der Waals surface area contributed by atoms with Gasteiger partial charge in [-0.2, -0.15) is 4.39 Å². The number of para-hydroxylation sites is 1. The highest BCUT2D eigenvalue weighted by Gasteiger charge is 2.38. The van der Waals surface area contributed by atoms with Crippen molar-refractivity contribution < 1.29 is 23.7 Å². The summed E-state index contributed by atoms with van der Waals surface area (Å²) in [5, 5.41) is 13.5. The van der Waals surface area contributed by atoms with E-state index in [2.05, 4.69) is 5.32 Å². The predicted molar refractivity (Wildman–Crippen MR) is 118 cm³/mol. The highest BCUT2D eigenvalue weighted by molar-refractivity contribution is 6.00. The molecule has 0 radical (unpaired) electrons. The lowest BCUT2D eigenvalue weighted by molar-refractivity contribution is -0.387. The number of hydrogen-bond donors (Lipinski definition) is 1. The molecule has 10 heteroatoms. The van der Waals surface area contributed by atoms with Crippen molar-refractivity contribution in [1.82, 2.24) is 4.90 Å². The number of nitro groups is 1. The summed E-state index contributed by atoms with van der Waals surface area (Å²) in [4.78, 5) is 51.3. The molecule has 0 saturated carbocycles. The lowest BCUT2D eigenvalue weighted by Crippen LogP contribution is -2.44. The van der Waals surface area contributed by atoms with E-state index in [0.717, 1.165) is 17.8 Å². The Balaban J connectivity index is 1.31. The summed E-state index contributed by atoms with van der Waals surface area (Å²) in [7, 11) is 0. The van der Waals surface area contributed by atoms with Gasteiger partial charge in [-0.15, -0.1) is 0 Å². The molecule has 1 unspecified atom stereocenters. The Bertz CT molecular complexity index is 1090. The summed E-state index contributed by atoms with van der Waals surface area (Å²) >= 11 is 0. The fraction of sp³-hybridized carbons (Fsp3) is 0.348. The Morgan fingerprint density at radius 2 is 1.76 bits per heavy atom. The molecule has 0 aromatic heterocycles. The van der Waals surface area contributed by atoms with Gasteiger partial charge < -0.3 is 15.1 Å². The number of benzene rings is 2. The smallest absolute Gasteiger partial charge is 0.306 e. The van der Waals surface area contributed by atoms with E-state index in [0.29, 0.717) is 32.5 Å². The Morgan fingerprint density at radius 3 is 2.42 bits per heavy atom. The number of carbonyl (C=O) groups is 3. The second-order valence-electron chi connectivity index (χ2n) is 8.25. The molecular formula is C23H23FN4O5. The average molecular weight is 454 g/mol. The number of nitrogens with one attached hydrogen (secondary N) is 1. The van der Waals surface area contributed by atoms with Crippen LogP contribution >= 0.6 is 0 Å². The largest absolute Gasteiger partial charge is 0.342 e. The number of likely N-dealkylation sites (tertiary alicyclic amines) is 1. The molecule has 0 bridgehead atoms. The first-order valence-corrected chi connectivity index (χ1v) is 10.7. The van der Waals surface area contributed by atoms with Gasteiger partial charge in [0.15, 0.2) is 0 Å². The number of amides is 3. The van der Waals surface area contributed by atoms with E-state index in [1.54, 1.807) is 9.80 Å². The minimum Gasteiger partial charge on any atom is -0.342 e. The van der Waals surface area contributed by atoms with Crippen LogP contribution in [0.1, 0.15) is 19.3 Å². The van der Waals surface area contributed by atoms with Crippen LogP contribution in [0.5, 0.6) is 0 Å². The van der Waals surface area contributed by atoms with Crippen LogP contribution in [0.25, 0.3) is 0 Å². The highest BCUT2D eigenvalue weighted by atomic mass is 19.1. The normalized spacial score (nSPS) is 18.9. The summed E-state index contributed by atoms with van der Waals surface area (Å²) in [5.74, 6) is -2.25. The molecule has 2 aliphatic rings. The summed E-state index contributed by atoms with van der Waals surface area (Å²) in [5.41, 5.74) is 0.218. The minimum atomic E-state index is -0.971. The number of rotatable bonds is 5. The third-order valence-electron chi connectivity index (χ3n) is 6.13. The van der Waals surface area contributed by atoms with Crippen molar-refractivity contribution in [3.8, 4) is 0 Å². The van der Waals surface area contributed by atoms with Gasteiger partial charge in [-0.1, -0.05) is 18.2 Å². The van der Waals surface area contributed by atoms with Crippen molar-refractivity contribution in [3.63, 3.8) is 0 Å². The number of nitro benzene ring substituents is 1. The van der Waals surface area contributed by atoms with Crippen LogP contribution < -0.4 is 10.2 Å². The Hall–Kier alpha value is -3.82. The third kappa shape index (κ3) is 4.84. The standard InChI is InChI=1S/C23H23FN4O5/c24-19-7-6-17(13-20(19)28(32)33)25-22(30)15-8-10-26(11-9-15)23(31)16-12-21(29)27(14-16)18-4-2-1-3-5-18/h1-7,13,15-16H,8-12,14H2,(H,25,30). The van der Waals surface area contributed by atoms with E-state index in [1.807, 2.05) is 30.3 Å². The maximum Gasteiger partial charge on any atom is 0.306 e. The molecule has 3 amide bonds. The zero-order chi connectivity index (χ0) is 23.5. The van der Waals surface area contributed by atoms with Crippen LogP contribution in [-0.4, -0.2) is 47.2 Å². The molecule has 2 fully saturated rings. The highest BCUT2D eigenvalue weighted by Crippen LogP contribution is 2.28. The van der Waals surface area contributed by atoms with Gasteiger partial charge in [-0.05, 0) is 37.1 Å². The Kier molecular flexibility index (Phi) is 6.34. The molecule has 2 saturated heterocycles. The molecule has 4 rings (SSSR count). The third-order valence-corrected chi connectivity index (χ3v) is 6.13. The van der Waals surface area contributed by atoms with E-state index in [1.165, 1.54) is 6.07 Å². The summed E-state index contributed by atoms with van der Waals surface area (Å²) in [6.07, 6.45) is 1.03. The number of halogens is 1. The maximum atomic E-state index is 13.5. The number of hydrogen-bond acceptors (Lipinski definition) is 5. The molecule has 0 spiro atoms. The summed E-state index contributed by atoms with van der Waals surface area (Å²) in [6, 6.07) is 12.4. The Labute approximate surface area is 189 Å². The molecule has 0 aliphatic carbocycles. The van der Waals surface area contributed by atoms with Gasteiger partial charge >= 0.3 is 5.69 Å². The summed E-state index contributed by atoms with van der Waals surface area (Å²) < 4.78 is 13.5. The number of anilines is 2. The fourth-order valence-electron chi connectivity index (χ4n) is 4.33. The lowest BCUT2D eigenvalue weighted by Gasteiger charge is -2.33. The molecular weight excluding hydrogens is 431 g/mol. The predicted octanol–water partition coefficient (Wildman–Crippen LogP) is 2.96. The van der Waals surface area contributed by atoms with Crippen molar-refractivity contribution >= 4 is 34.8 Å². The molecule has 33 heavy (non-hydrogen) atoms. The maximum absolute atomic E-state index is 13.5. The molecule has 9 nitrogen and oxygen atoms in total. The number of piperidine rings is 1. The van der Waals surface area contributed by atoms with Gasteiger partial charge in [-0.25, -0.2) is 0 Å². The van der Waals surface area contributed by atoms with Gasteiger partial charge in [0, 0.05) is 49.4 Å². The van der Waals surface area contributed by atoms with E-state index < -0.39 is 22.3 Å². The molecule has 2 heterocycles. The first-order chi connectivity index (χ1) is 15.8. The summed E-state index contributed by atoms with van der Waals surface area (Å²) in [6.45, 7) is 1.11. The van der Waals surface area contributed by atoms with E-state index >= 15 is 0 Å². The van der Waals surface area contributed by atoms with Gasteiger partial charge in [0.25, 0.3) is 0 Å². The van der Waals surface area contributed by atoms with Gasteiger partial charge in [0.05, 0.1) is 10.8 Å². The van der Waals surface area contributed by atoms with Crippen molar-refractivity contribution in [2.75, 3.05) is 29.9 Å². The minimum absolute atomic E-state index is 0.0813. The van der Waals surface area contributed by atoms with Crippen molar-refractivity contribution in [2.24, 2.45) is 11.8 Å². The van der Waals surface area contributed by atoms with Crippen molar-refractivity contribution in [1.29, 1.82) is 0 Å². The molecule has 172 valence electrons. The second kappa shape index (κ2) is 9.35. The number of nitrogens with zero attached hydrogens (tertiary/aromatic N) is 3.